The molecule has 1 aromatic carbocycles. The summed E-state index contributed by atoms with van der Waals surface area (Å²) in [6, 6.07) is 6.82. The van der Waals surface area contributed by atoms with Gasteiger partial charge in [0.25, 0.3) is 11.5 Å². The standard InChI is InChI=1S/C15H12ClFN6O2/c16-10-2-1-3-11(17)14(10)15(25)19-6-7-22-13(24)5-4-12(21-22)23-9-18-8-20-23/h1-5,8-9H,6-7H2,(H,19,25). The molecule has 8 nitrogen and oxygen atoms in total. The van der Waals surface area contributed by atoms with Crippen molar-refractivity contribution in [3.05, 3.63) is 69.7 Å². The average Bonchev–Trinajstić information content (AvgIpc) is 3.11. The Labute approximate surface area is 145 Å². The van der Waals surface area contributed by atoms with Gasteiger partial charge in [0.15, 0.2) is 5.82 Å². The number of hydrogen-bond donors (Lipinski definition) is 1. The fraction of sp³-hybridized carbons (Fsp3) is 0.133. The van der Waals surface area contributed by atoms with Crippen LogP contribution in [0.25, 0.3) is 5.82 Å². The monoisotopic (exact) mass is 362 g/mol. The molecule has 1 N–H and O–H groups in total. The van der Waals surface area contributed by atoms with Crippen LogP contribution in [0.15, 0.2) is 47.8 Å². The SMILES string of the molecule is O=C(NCCn1nc(-n2cncn2)ccc1=O)c1c(F)cccc1Cl. The summed E-state index contributed by atoms with van der Waals surface area (Å²) in [6.07, 6.45) is 2.79. The molecule has 0 spiro atoms. The Bertz CT molecular complexity index is 937. The molecule has 0 radical (unpaired) electrons. The lowest BCUT2D eigenvalue weighted by atomic mass is 10.2. The van der Waals surface area contributed by atoms with E-state index in [-0.39, 0.29) is 29.2 Å². The fourth-order valence-electron chi connectivity index (χ4n) is 2.13. The molecule has 10 heteroatoms. The first-order chi connectivity index (χ1) is 12.1. The molecule has 3 aromatic rings. The molecule has 0 aliphatic heterocycles. The van der Waals surface area contributed by atoms with Gasteiger partial charge in [-0.3, -0.25) is 9.59 Å². The zero-order valence-corrected chi connectivity index (χ0v) is 13.5. The second-order valence-electron chi connectivity index (χ2n) is 4.95. The molecular weight excluding hydrogens is 351 g/mol. The van der Waals surface area contributed by atoms with Crippen molar-refractivity contribution in [2.45, 2.75) is 6.54 Å². The number of halogens is 2. The minimum absolute atomic E-state index is 0.0148. The predicted octanol–water partition coefficient (Wildman–Crippen LogP) is 1.05. The maximum atomic E-state index is 13.7. The summed E-state index contributed by atoms with van der Waals surface area (Å²) >= 11 is 5.84. The Morgan fingerprint density at radius 3 is 2.84 bits per heavy atom. The summed E-state index contributed by atoms with van der Waals surface area (Å²) in [5, 5.41) is 10.6. The van der Waals surface area contributed by atoms with Crippen molar-refractivity contribution in [3.63, 3.8) is 0 Å². The van der Waals surface area contributed by atoms with E-state index < -0.39 is 11.7 Å². The van der Waals surface area contributed by atoms with E-state index in [9.17, 15) is 14.0 Å². The van der Waals surface area contributed by atoms with Crippen LogP contribution in [-0.4, -0.2) is 37.0 Å². The van der Waals surface area contributed by atoms with Crippen molar-refractivity contribution in [3.8, 4) is 5.82 Å². The largest absolute Gasteiger partial charge is 0.350 e. The Balaban J connectivity index is 1.69. The number of aromatic nitrogens is 5. The molecule has 0 aliphatic carbocycles. The molecule has 2 aromatic heterocycles. The molecule has 2 heterocycles. The van der Waals surface area contributed by atoms with Gasteiger partial charge in [0.05, 0.1) is 17.1 Å². The van der Waals surface area contributed by atoms with Gasteiger partial charge in [0.2, 0.25) is 0 Å². The molecule has 0 fully saturated rings. The number of hydrogen-bond acceptors (Lipinski definition) is 5. The van der Waals surface area contributed by atoms with E-state index in [1.807, 2.05) is 0 Å². The van der Waals surface area contributed by atoms with Gasteiger partial charge in [-0.05, 0) is 18.2 Å². The van der Waals surface area contributed by atoms with Crippen LogP contribution in [0.1, 0.15) is 10.4 Å². The van der Waals surface area contributed by atoms with Crippen LogP contribution in [0.2, 0.25) is 5.02 Å². The van der Waals surface area contributed by atoms with Crippen LogP contribution in [0.4, 0.5) is 4.39 Å². The van der Waals surface area contributed by atoms with Crippen LogP contribution in [0.3, 0.4) is 0 Å². The van der Waals surface area contributed by atoms with Crippen molar-refractivity contribution in [2.24, 2.45) is 0 Å². The van der Waals surface area contributed by atoms with E-state index in [1.165, 1.54) is 46.3 Å². The minimum Gasteiger partial charge on any atom is -0.350 e. The van der Waals surface area contributed by atoms with E-state index in [1.54, 1.807) is 0 Å². The number of rotatable bonds is 5. The van der Waals surface area contributed by atoms with Crippen LogP contribution in [-0.2, 0) is 6.54 Å². The number of benzene rings is 1. The van der Waals surface area contributed by atoms with Gasteiger partial charge < -0.3 is 5.32 Å². The van der Waals surface area contributed by atoms with Gasteiger partial charge in [-0.15, -0.1) is 5.10 Å². The fourth-order valence-corrected chi connectivity index (χ4v) is 2.37. The van der Waals surface area contributed by atoms with Crippen LogP contribution < -0.4 is 10.9 Å². The van der Waals surface area contributed by atoms with Crippen molar-refractivity contribution >= 4 is 17.5 Å². The number of carbonyl (C=O) groups is 1. The van der Waals surface area contributed by atoms with E-state index in [0.29, 0.717) is 5.82 Å². The molecule has 25 heavy (non-hydrogen) atoms. The molecule has 0 saturated carbocycles. The van der Waals surface area contributed by atoms with Crippen molar-refractivity contribution in [1.82, 2.24) is 29.9 Å². The van der Waals surface area contributed by atoms with Gasteiger partial charge in [0, 0.05) is 12.6 Å². The number of amides is 1. The second kappa shape index (κ2) is 7.22. The van der Waals surface area contributed by atoms with Crippen LogP contribution in [0.5, 0.6) is 0 Å². The lowest BCUT2D eigenvalue weighted by Crippen LogP contribution is -2.32. The van der Waals surface area contributed by atoms with Crippen LogP contribution >= 0.6 is 11.6 Å². The molecule has 0 unspecified atom stereocenters. The van der Waals surface area contributed by atoms with Gasteiger partial charge in [0.1, 0.15) is 18.5 Å². The molecule has 3 rings (SSSR count). The van der Waals surface area contributed by atoms with E-state index in [0.717, 1.165) is 6.07 Å². The minimum atomic E-state index is -0.714. The number of nitrogens with one attached hydrogen (secondary N) is 1. The van der Waals surface area contributed by atoms with Crippen molar-refractivity contribution < 1.29 is 9.18 Å². The summed E-state index contributed by atoms with van der Waals surface area (Å²) < 4.78 is 16.3. The van der Waals surface area contributed by atoms with Crippen molar-refractivity contribution in [1.29, 1.82) is 0 Å². The van der Waals surface area contributed by atoms with Gasteiger partial charge in [-0.1, -0.05) is 17.7 Å². The molecule has 0 aliphatic rings. The lowest BCUT2D eigenvalue weighted by Gasteiger charge is -2.09. The summed E-state index contributed by atoms with van der Waals surface area (Å²) in [5.74, 6) is -0.974. The summed E-state index contributed by atoms with van der Waals surface area (Å²) in [5.41, 5.74) is -0.581. The third-order valence-corrected chi connectivity index (χ3v) is 3.62. The topological polar surface area (TPSA) is 94.7 Å². The summed E-state index contributed by atoms with van der Waals surface area (Å²) in [6.45, 7) is 0.163. The maximum Gasteiger partial charge on any atom is 0.266 e. The smallest absolute Gasteiger partial charge is 0.266 e. The molecule has 128 valence electrons. The third-order valence-electron chi connectivity index (χ3n) is 3.31. The molecular formula is C15H12ClFN6O2. The lowest BCUT2D eigenvalue weighted by molar-refractivity contribution is 0.0948. The number of carbonyl (C=O) groups excluding carboxylic acids is 1. The average molecular weight is 363 g/mol. The molecule has 0 bridgehead atoms. The second-order valence-corrected chi connectivity index (χ2v) is 5.35. The zero-order chi connectivity index (χ0) is 17.8. The highest BCUT2D eigenvalue weighted by Gasteiger charge is 2.15. The Kier molecular flexibility index (Phi) is 4.85. The van der Waals surface area contributed by atoms with Crippen LogP contribution in [0, 0.1) is 5.82 Å². The Morgan fingerprint density at radius 1 is 1.28 bits per heavy atom. The molecule has 0 saturated heterocycles. The normalized spacial score (nSPS) is 10.6. The van der Waals surface area contributed by atoms with E-state index >= 15 is 0 Å². The zero-order valence-electron chi connectivity index (χ0n) is 12.8. The van der Waals surface area contributed by atoms with E-state index in [4.69, 9.17) is 11.6 Å². The highest BCUT2D eigenvalue weighted by Crippen LogP contribution is 2.18. The number of nitrogens with zero attached hydrogens (tertiary/aromatic N) is 5. The summed E-state index contributed by atoms with van der Waals surface area (Å²) in [4.78, 5) is 27.7. The quantitative estimate of drug-likeness (QED) is 0.732. The van der Waals surface area contributed by atoms with Gasteiger partial charge in [-0.2, -0.15) is 5.10 Å². The third kappa shape index (κ3) is 3.72. The Hall–Kier alpha value is -3.07. The molecule has 0 atom stereocenters. The highest BCUT2D eigenvalue weighted by atomic mass is 35.5. The maximum absolute atomic E-state index is 13.7. The predicted molar refractivity (Wildman–Crippen MR) is 87.2 cm³/mol. The first kappa shape index (κ1) is 16.8. The van der Waals surface area contributed by atoms with Gasteiger partial charge in [-0.25, -0.2) is 18.7 Å². The first-order valence-electron chi connectivity index (χ1n) is 7.21. The van der Waals surface area contributed by atoms with Gasteiger partial charge >= 0.3 is 0 Å². The molecule has 1 amide bonds. The highest BCUT2D eigenvalue weighted by molar-refractivity contribution is 6.33. The Morgan fingerprint density at radius 2 is 2.12 bits per heavy atom. The first-order valence-corrected chi connectivity index (χ1v) is 7.59. The summed E-state index contributed by atoms with van der Waals surface area (Å²) in [7, 11) is 0. The van der Waals surface area contributed by atoms with E-state index in [2.05, 4.69) is 20.5 Å². The van der Waals surface area contributed by atoms with Crippen molar-refractivity contribution in [2.75, 3.05) is 6.54 Å².